The van der Waals surface area contributed by atoms with Crippen molar-refractivity contribution in [2.24, 2.45) is 11.8 Å². The van der Waals surface area contributed by atoms with E-state index < -0.39 is 0 Å². The highest BCUT2D eigenvalue weighted by atomic mass is 32.1. The molecule has 0 radical (unpaired) electrons. The predicted octanol–water partition coefficient (Wildman–Crippen LogP) is 2.84. The van der Waals surface area contributed by atoms with E-state index in [1.807, 2.05) is 11.4 Å². The second-order valence-electron chi connectivity index (χ2n) is 5.33. The molecule has 19 heavy (non-hydrogen) atoms. The number of aliphatic hydroxyl groups excluding tert-OH is 1. The van der Waals surface area contributed by atoms with Crippen LogP contribution in [0.5, 0.6) is 0 Å². The molecule has 1 fully saturated rings. The minimum atomic E-state index is 0.0501. The molecule has 2 atom stereocenters. The molecule has 106 valence electrons. The molecule has 0 spiro atoms. The number of aryl methyl sites for hydroxylation is 1. The van der Waals surface area contributed by atoms with Gasteiger partial charge in [0.1, 0.15) is 0 Å². The Hall–Kier alpha value is -0.870. The van der Waals surface area contributed by atoms with Gasteiger partial charge in [-0.2, -0.15) is 0 Å². The largest absolute Gasteiger partial charge is 0.396 e. The van der Waals surface area contributed by atoms with E-state index >= 15 is 0 Å². The second kappa shape index (κ2) is 7.06. The number of carbonyl (C=O) groups is 1. The van der Waals surface area contributed by atoms with Gasteiger partial charge in [-0.25, -0.2) is 0 Å². The molecule has 1 amide bonds. The zero-order valence-corrected chi connectivity index (χ0v) is 12.3. The molecule has 2 rings (SSSR count). The number of hydrogen-bond acceptors (Lipinski definition) is 3. The van der Waals surface area contributed by atoms with Gasteiger partial charge in [-0.1, -0.05) is 19.8 Å². The van der Waals surface area contributed by atoms with E-state index in [1.165, 1.54) is 24.2 Å². The van der Waals surface area contributed by atoms with Crippen LogP contribution in [-0.4, -0.2) is 24.2 Å². The summed E-state index contributed by atoms with van der Waals surface area (Å²) in [6.07, 6.45) is 5.54. The van der Waals surface area contributed by atoms with Crippen LogP contribution in [0.25, 0.3) is 0 Å². The van der Waals surface area contributed by atoms with E-state index in [1.54, 1.807) is 0 Å². The summed E-state index contributed by atoms with van der Waals surface area (Å²) in [4.78, 5) is 13.0. The smallest absolute Gasteiger partial charge is 0.261 e. The highest BCUT2D eigenvalue weighted by Gasteiger charge is 2.25. The van der Waals surface area contributed by atoms with E-state index in [0.717, 1.165) is 29.7 Å². The van der Waals surface area contributed by atoms with E-state index in [0.29, 0.717) is 18.4 Å². The number of hydrogen-bond donors (Lipinski definition) is 2. The maximum atomic E-state index is 12.2. The van der Waals surface area contributed by atoms with Crippen LogP contribution < -0.4 is 5.32 Å². The fourth-order valence-electron chi connectivity index (χ4n) is 2.91. The molecule has 4 heteroatoms. The van der Waals surface area contributed by atoms with E-state index in [4.69, 9.17) is 0 Å². The van der Waals surface area contributed by atoms with Crippen molar-refractivity contribution in [3.63, 3.8) is 0 Å². The average molecular weight is 281 g/mol. The molecule has 0 aliphatic heterocycles. The van der Waals surface area contributed by atoms with Crippen molar-refractivity contribution in [1.82, 2.24) is 5.32 Å². The lowest BCUT2D eigenvalue weighted by molar-refractivity contribution is 0.0912. The number of thiophene rings is 1. The Morgan fingerprint density at radius 2 is 2.16 bits per heavy atom. The standard InChI is InChI=1S/C15H23NO2S/c1-2-11-7-8-19-14(11)15(18)16-9-12-5-3-4-6-13(12)10-17/h7-8,12-13,17H,2-6,9-10H2,1H3,(H,16,18). The van der Waals surface area contributed by atoms with Gasteiger partial charge in [0.15, 0.2) is 0 Å². The number of nitrogens with one attached hydrogen (secondary N) is 1. The molecule has 2 N–H and O–H groups in total. The Balaban J connectivity index is 1.89. The van der Waals surface area contributed by atoms with Crippen molar-refractivity contribution in [2.75, 3.05) is 13.2 Å². The summed E-state index contributed by atoms with van der Waals surface area (Å²) < 4.78 is 0. The van der Waals surface area contributed by atoms with Crippen LogP contribution in [-0.2, 0) is 6.42 Å². The number of aliphatic hydroxyl groups is 1. The van der Waals surface area contributed by atoms with E-state index in [-0.39, 0.29) is 12.5 Å². The molecular formula is C15H23NO2S. The minimum absolute atomic E-state index is 0.0501. The summed E-state index contributed by atoms with van der Waals surface area (Å²) in [5.41, 5.74) is 1.13. The molecular weight excluding hydrogens is 258 g/mol. The lowest BCUT2D eigenvalue weighted by Crippen LogP contribution is -2.35. The quantitative estimate of drug-likeness (QED) is 0.872. The monoisotopic (exact) mass is 281 g/mol. The van der Waals surface area contributed by atoms with Gasteiger partial charge in [-0.15, -0.1) is 11.3 Å². The highest BCUT2D eigenvalue weighted by molar-refractivity contribution is 7.12. The Bertz CT molecular complexity index is 416. The van der Waals surface area contributed by atoms with Gasteiger partial charge in [0, 0.05) is 13.2 Å². The molecule has 1 aromatic rings. The van der Waals surface area contributed by atoms with Crippen molar-refractivity contribution in [3.05, 3.63) is 21.9 Å². The van der Waals surface area contributed by atoms with Gasteiger partial charge in [-0.3, -0.25) is 4.79 Å². The third-order valence-electron chi connectivity index (χ3n) is 4.16. The van der Waals surface area contributed by atoms with Crippen LogP contribution in [0.1, 0.15) is 47.8 Å². The SMILES string of the molecule is CCc1ccsc1C(=O)NCC1CCCCC1CO. The van der Waals surface area contributed by atoms with Crippen LogP contribution in [0.2, 0.25) is 0 Å². The predicted molar refractivity (Wildman–Crippen MR) is 78.6 cm³/mol. The number of carbonyl (C=O) groups excluding carboxylic acids is 1. The van der Waals surface area contributed by atoms with Gasteiger partial charge in [0.25, 0.3) is 5.91 Å². The summed E-state index contributed by atoms with van der Waals surface area (Å²) in [7, 11) is 0. The third kappa shape index (κ3) is 3.57. The molecule has 2 unspecified atom stereocenters. The first-order valence-electron chi connectivity index (χ1n) is 7.21. The zero-order valence-electron chi connectivity index (χ0n) is 11.5. The Morgan fingerprint density at radius 1 is 1.42 bits per heavy atom. The van der Waals surface area contributed by atoms with Crippen LogP contribution in [0.15, 0.2) is 11.4 Å². The van der Waals surface area contributed by atoms with Crippen LogP contribution in [0, 0.1) is 11.8 Å². The van der Waals surface area contributed by atoms with Gasteiger partial charge in [0.2, 0.25) is 0 Å². The van der Waals surface area contributed by atoms with Crippen molar-refractivity contribution >= 4 is 17.2 Å². The van der Waals surface area contributed by atoms with Gasteiger partial charge < -0.3 is 10.4 Å². The van der Waals surface area contributed by atoms with Crippen molar-refractivity contribution in [3.8, 4) is 0 Å². The molecule has 1 heterocycles. The van der Waals surface area contributed by atoms with Crippen LogP contribution in [0.4, 0.5) is 0 Å². The molecule has 1 saturated carbocycles. The lowest BCUT2D eigenvalue weighted by atomic mass is 9.79. The fourth-order valence-corrected chi connectivity index (χ4v) is 3.82. The van der Waals surface area contributed by atoms with E-state index in [9.17, 15) is 9.90 Å². The highest BCUT2D eigenvalue weighted by Crippen LogP contribution is 2.29. The maximum Gasteiger partial charge on any atom is 0.261 e. The van der Waals surface area contributed by atoms with Gasteiger partial charge in [-0.05, 0) is 48.1 Å². The minimum Gasteiger partial charge on any atom is -0.396 e. The molecule has 1 aromatic heterocycles. The Labute approximate surface area is 119 Å². The van der Waals surface area contributed by atoms with Crippen LogP contribution >= 0.6 is 11.3 Å². The molecule has 0 aromatic carbocycles. The van der Waals surface area contributed by atoms with Crippen molar-refractivity contribution in [2.45, 2.75) is 39.0 Å². The summed E-state index contributed by atoms with van der Waals surface area (Å²) in [6.45, 7) is 3.02. The van der Waals surface area contributed by atoms with Gasteiger partial charge >= 0.3 is 0 Å². The van der Waals surface area contributed by atoms with E-state index in [2.05, 4.69) is 12.2 Å². The topological polar surface area (TPSA) is 49.3 Å². The average Bonchev–Trinajstić information content (AvgIpc) is 2.93. The summed E-state index contributed by atoms with van der Waals surface area (Å²) in [6, 6.07) is 2.02. The zero-order chi connectivity index (χ0) is 13.7. The fraction of sp³-hybridized carbons (Fsp3) is 0.667. The lowest BCUT2D eigenvalue weighted by Gasteiger charge is -2.30. The Kier molecular flexibility index (Phi) is 5.40. The first-order valence-corrected chi connectivity index (χ1v) is 8.09. The first kappa shape index (κ1) is 14.5. The number of amides is 1. The maximum absolute atomic E-state index is 12.2. The summed E-state index contributed by atoms with van der Waals surface area (Å²) >= 11 is 1.51. The Morgan fingerprint density at radius 3 is 2.84 bits per heavy atom. The van der Waals surface area contributed by atoms with Crippen molar-refractivity contribution < 1.29 is 9.90 Å². The molecule has 3 nitrogen and oxygen atoms in total. The molecule has 1 aliphatic carbocycles. The first-order chi connectivity index (χ1) is 9.26. The third-order valence-corrected chi connectivity index (χ3v) is 5.12. The number of rotatable bonds is 5. The molecule has 1 aliphatic rings. The molecule has 0 bridgehead atoms. The summed E-state index contributed by atoms with van der Waals surface area (Å²) in [5.74, 6) is 0.852. The van der Waals surface area contributed by atoms with Crippen LogP contribution in [0.3, 0.4) is 0 Å². The van der Waals surface area contributed by atoms with Gasteiger partial charge in [0.05, 0.1) is 4.88 Å². The van der Waals surface area contributed by atoms with Crippen molar-refractivity contribution in [1.29, 1.82) is 0 Å². The normalized spacial score (nSPS) is 23.3. The summed E-state index contributed by atoms with van der Waals surface area (Å²) in [5, 5.41) is 14.4. The molecule has 0 saturated heterocycles. The second-order valence-corrected chi connectivity index (χ2v) is 6.24.